The number of nitrogens with two attached hydrogens (primary N) is 1. The average molecular weight is 339 g/mol. The van der Waals surface area contributed by atoms with Crippen LogP contribution in [0.5, 0.6) is 0 Å². The number of benzene rings is 1. The summed E-state index contributed by atoms with van der Waals surface area (Å²) in [7, 11) is 0. The number of carbonyl (C=O) groups excluding carboxylic acids is 2. The van der Waals surface area contributed by atoms with Crippen LogP contribution in [0.1, 0.15) is 32.8 Å². The second kappa shape index (κ2) is 13.2. The van der Waals surface area contributed by atoms with E-state index in [2.05, 4.69) is 23.2 Å². The number of amides is 2. The number of hydrogen-bond donors (Lipinski definition) is 3. The number of allylic oxidation sites excluding steroid dienone is 2. The van der Waals surface area contributed by atoms with E-state index < -0.39 is 5.91 Å². The summed E-state index contributed by atoms with van der Waals surface area (Å²) in [5, 5.41) is 0. The second-order valence-corrected chi connectivity index (χ2v) is 4.76. The van der Waals surface area contributed by atoms with Gasteiger partial charge >= 0.3 is 0 Å². The van der Waals surface area contributed by atoms with Crippen molar-refractivity contribution in [3.8, 4) is 12.3 Å². The molecule has 1 aromatic rings. The third kappa shape index (κ3) is 9.47. The number of nitrogen functional groups attached to an aromatic ring is 1. The van der Waals surface area contributed by atoms with E-state index in [1.54, 1.807) is 43.4 Å². The Morgan fingerprint density at radius 2 is 1.88 bits per heavy atom. The van der Waals surface area contributed by atoms with E-state index in [0.717, 1.165) is 12.0 Å². The van der Waals surface area contributed by atoms with Crippen LogP contribution in [-0.2, 0) is 9.59 Å². The first-order valence-corrected chi connectivity index (χ1v) is 7.83. The zero-order chi connectivity index (χ0) is 19.1. The quantitative estimate of drug-likeness (QED) is 0.253. The van der Waals surface area contributed by atoms with Gasteiger partial charge in [-0.15, -0.1) is 12.3 Å². The molecule has 1 rings (SSSR count). The minimum atomic E-state index is -0.437. The summed E-state index contributed by atoms with van der Waals surface area (Å²) in [5.74, 6) is 1.45. The third-order valence-corrected chi connectivity index (χ3v) is 2.74. The zero-order valence-corrected chi connectivity index (χ0v) is 14.9. The van der Waals surface area contributed by atoms with Gasteiger partial charge in [-0.25, -0.2) is 0 Å². The minimum Gasteiger partial charge on any atom is -0.398 e. The largest absolute Gasteiger partial charge is 0.398 e. The predicted molar refractivity (Wildman–Crippen MR) is 104 cm³/mol. The molecule has 4 N–H and O–H groups in total. The molecule has 5 nitrogen and oxygen atoms in total. The van der Waals surface area contributed by atoms with Crippen LogP contribution in [0.3, 0.4) is 0 Å². The van der Waals surface area contributed by atoms with Gasteiger partial charge in [-0.3, -0.25) is 20.4 Å². The summed E-state index contributed by atoms with van der Waals surface area (Å²) in [6.45, 7) is 5.41. The number of para-hydroxylation sites is 1. The van der Waals surface area contributed by atoms with Crippen molar-refractivity contribution >= 4 is 23.6 Å². The Morgan fingerprint density at radius 1 is 1.24 bits per heavy atom. The van der Waals surface area contributed by atoms with Gasteiger partial charge < -0.3 is 5.73 Å². The molecular formula is C20H25N3O2. The van der Waals surface area contributed by atoms with Crippen LogP contribution in [0, 0.1) is 12.3 Å². The zero-order valence-electron chi connectivity index (χ0n) is 14.9. The molecule has 0 aliphatic heterocycles. The first kappa shape index (κ1) is 21.7. The van der Waals surface area contributed by atoms with Crippen molar-refractivity contribution in [2.75, 3.05) is 5.73 Å². The van der Waals surface area contributed by atoms with Crippen molar-refractivity contribution in [3.05, 3.63) is 59.7 Å². The fourth-order valence-corrected chi connectivity index (χ4v) is 1.70. The Balaban J connectivity index is 0.00000178. The SMILES string of the molecule is C#CC.C/C=C\C(=C/CC)C(=O)NNC(=O)/C=C/c1ccccc1N. The molecule has 0 aliphatic carbocycles. The summed E-state index contributed by atoms with van der Waals surface area (Å²) >= 11 is 0. The molecular weight excluding hydrogens is 314 g/mol. The van der Waals surface area contributed by atoms with Crippen molar-refractivity contribution < 1.29 is 9.59 Å². The number of anilines is 1. The fraction of sp³-hybridized carbons (Fsp3) is 0.200. The molecule has 5 heteroatoms. The lowest BCUT2D eigenvalue weighted by atomic mass is 10.1. The van der Waals surface area contributed by atoms with Crippen LogP contribution >= 0.6 is 0 Å². The predicted octanol–water partition coefficient (Wildman–Crippen LogP) is 2.98. The van der Waals surface area contributed by atoms with Gasteiger partial charge in [-0.1, -0.05) is 43.4 Å². The van der Waals surface area contributed by atoms with Crippen LogP contribution in [0.2, 0.25) is 0 Å². The maximum Gasteiger partial charge on any atom is 0.269 e. The Kier molecular flexibility index (Phi) is 11.5. The molecule has 0 fully saturated rings. The van der Waals surface area contributed by atoms with Gasteiger partial charge in [0.15, 0.2) is 0 Å². The van der Waals surface area contributed by atoms with Gasteiger partial charge in [0, 0.05) is 17.3 Å². The first-order valence-electron chi connectivity index (χ1n) is 7.83. The molecule has 2 amide bonds. The summed E-state index contributed by atoms with van der Waals surface area (Å²) in [6.07, 6.45) is 13.5. The molecule has 0 atom stereocenters. The molecule has 0 saturated heterocycles. The summed E-state index contributed by atoms with van der Waals surface area (Å²) < 4.78 is 0. The van der Waals surface area contributed by atoms with E-state index in [1.165, 1.54) is 6.08 Å². The van der Waals surface area contributed by atoms with Gasteiger partial charge in [0.05, 0.1) is 0 Å². The highest BCUT2D eigenvalue weighted by Gasteiger charge is 2.05. The smallest absolute Gasteiger partial charge is 0.269 e. The topological polar surface area (TPSA) is 84.2 Å². The number of terminal acetylenes is 1. The number of carbonyl (C=O) groups is 2. The molecule has 0 heterocycles. The van der Waals surface area contributed by atoms with Gasteiger partial charge in [-0.05, 0) is 38.0 Å². The Hall–Kier alpha value is -3.26. The molecule has 132 valence electrons. The molecule has 25 heavy (non-hydrogen) atoms. The van der Waals surface area contributed by atoms with Gasteiger partial charge in [0.25, 0.3) is 11.8 Å². The number of rotatable bonds is 5. The van der Waals surface area contributed by atoms with E-state index in [-0.39, 0.29) is 5.91 Å². The highest BCUT2D eigenvalue weighted by atomic mass is 16.2. The Bertz CT molecular complexity index is 695. The van der Waals surface area contributed by atoms with Gasteiger partial charge in [0.1, 0.15) is 0 Å². The van der Waals surface area contributed by atoms with Crippen LogP contribution in [0.4, 0.5) is 5.69 Å². The van der Waals surface area contributed by atoms with Crippen molar-refractivity contribution in [3.63, 3.8) is 0 Å². The van der Waals surface area contributed by atoms with Crippen LogP contribution in [-0.4, -0.2) is 11.8 Å². The summed E-state index contributed by atoms with van der Waals surface area (Å²) in [6, 6.07) is 7.19. The van der Waals surface area contributed by atoms with Crippen LogP contribution in [0.15, 0.2) is 54.1 Å². The molecule has 0 radical (unpaired) electrons. The lowest BCUT2D eigenvalue weighted by molar-refractivity contribution is -0.124. The van der Waals surface area contributed by atoms with Crippen LogP contribution in [0.25, 0.3) is 6.08 Å². The highest BCUT2D eigenvalue weighted by molar-refractivity contribution is 5.99. The fourth-order valence-electron chi connectivity index (χ4n) is 1.70. The first-order chi connectivity index (χ1) is 12.0. The molecule has 1 aromatic carbocycles. The van der Waals surface area contributed by atoms with Gasteiger partial charge in [0.2, 0.25) is 0 Å². The minimum absolute atomic E-state index is 0.360. The van der Waals surface area contributed by atoms with E-state index in [0.29, 0.717) is 11.3 Å². The van der Waals surface area contributed by atoms with E-state index >= 15 is 0 Å². The highest BCUT2D eigenvalue weighted by Crippen LogP contribution is 2.11. The Morgan fingerprint density at radius 3 is 2.44 bits per heavy atom. The second-order valence-electron chi connectivity index (χ2n) is 4.76. The number of hydrazine groups is 1. The van der Waals surface area contributed by atoms with Gasteiger partial charge in [-0.2, -0.15) is 0 Å². The molecule has 0 aromatic heterocycles. The van der Waals surface area contributed by atoms with E-state index in [4.69, 9.17) is 5.73 Å². The Labute approximate surface area is 149 Å². The lowest BCUT2D eigenvalue weighted by Crippen LogP contribution is -2.41. The molecule has 0 saturated carbocycles. The van der Waals surface area contributed by atoms with Crippen molar-refractivity contribution in [1.29, 1.82) is 0 Å². The van der Waals surface area contributed by atoms with Crippen molar-refractivity contribution in [2.24, 2.45) is 0 Å². The maximum atomic E-state index is 11.9. The maximum absolute atomic E-state index is 11.9. The van der Waals surface area contributed by atoms with Crippen LogP contribution < -0.4 is 16.6 Å². The lowest BCUT2D eigenvalue weighted by Gasteiger charge is -2.06. The number of nitrogens with one attached hydrogen (secondary N) is 2. The number of hydrogen-bond acceptors (Lipinski definition) is 3. The normalized spacial score (nSPS) is 10.7. The summed E-state index contributed by atoms with van der Waals surface area (Å²) in [5.41, 5.74) is 12.3. The standard InChI is InChI=1S/C17H21N3O2.C3H4/c1-3-7-14(8-4-2)17(22)20-19-16(21)12-11-13-9-5-6-10-15(13)18;1-3-2/h3,5-12H,4,18H2,1-2H3,(H,19,21)(H,20,22);1H,2H3/b7-3-,12-11+,14-8+;. The molecule has 0 aliphatic rings. The molecule has 0 bridgehead atoms. The average Bonchev–Trinajstić information content (AvgIpc) is 2.59. The summed E-state index contributed by atoms with van der Waals surface area (Å²) in [4.78, 5) is 23.5. The van der Waals surface area contributed by atoms with E-state index in [9.17, 15) is 9.59 Å². The molecule has 0 spiro atoms. The van der Waals surface area contributed by atoms with E-state index in [1.807, 2.05) is 26.0 Å². The molecule has 0 unspecified atom stereocenters. The monoisotopic (exact) mass is 339 g/mol. The third-order valence-electron chi connectivity index (χ3n) is 2.74. The van der Waals surface area contributed by atoms with Crippen molar-refractivity contribution in [1.82, 2.24) is 10.9 Å². The van der Waals surface area contributed by atoms with Crippen molar-refractivity contribution in [2.45, 2.75) is 27.2 Å².